The Bertz CT molecular complexity index is 712. The lowest BCUT2D eigenvalue weighted by atomic mass is 9.50. The first-order chi connectivity index (χ1) is 13.7. The molecule has 0 amide bonds. The standard InChI is InChI=1S/C28H44O/c1-18(2)19(3)7-8-20(4)24-11-12-25-23-10-9-21-17-22(29)13-15-27(21,5)26(23)14-16-28(24,25)6/h7-10,18-20,22,24-26,29H,11-17H2,1-6H3/t19-,20+,22-,24+,25?,26+,27+,28+/m0/s1. The van der Waals surface area contributed by atoms with Gasteiger partial charge in [0.25, 0.3) is 0 Å². The summed E-state index contributed by atoms with van der Waals surface area (Å²) in [5, 5.41) is 10.2. The fraction of sp³-hybridized carbons (Fsp3) is 0.786. The van der Waals surface area contributed by atoms with E-state index in [4.69, 9.17) is 0 Å². The minimum absolute atomic E-state index is 0.116. The van der Waals surface area contributed by atoms with Crippen LogP contribution >= 0.6 is 0 Å². The molecule has 8 atom stereocenters. The molecule has 4 aliphatic carbocycles. The van der Waals surface area contributed by atoms with Gasteiger partial charge in [0.05, 0.1) is 6.10 Å². The Balaban J connectivity index is 1.57. The van der Waals surface area contributed by atoms with Gasteiger partial charge in [0.2, 0.25) is 0 Å². The van der Waals surface area contributed by atoms with Crippen LogP contribution < -0.4 is 0 Å². The third kappa shape index (κ3) is 3.50. The van der Waals surface area contributed by atoms with Crippen molar-refractivity contribution in [1.29, 1.82) is 0 Å². The first-order valence-corrected chi connectivity index (χ1v) is 12.4. The molecule has 4 aliphatic rings. The van der Waals surface area contributed by atoms with Gasteiger partial charge in [-0.25, -0.2) is 0 Å². The Kier molecular flexibility index (Phi) is 5.69. The third-order valence-electron chi connectivity index (χ3n) is 10.0. The molecule has 1 N–H and O–H groups in total. The highest BCUT2D eigenvalue weighted by Crippen LogP contribution is 2.65. The van der Waals surface area contributed by atoms with Gasteiger partial charge in [0.1, 0.15) is 0 Å². The summed E-state index contributed by atoms with van der Waals surface area (Å²) in [6.45, 7) is 14.6. The lowest BCUT2D eigenvalue weighted by Gasteiger charge is -2.55. The van der Waals surface area contributed by atoms with E-state index in [0.717, 1.165) is 36.5 Å². The fourth-order valence-corrected chi connectivity index (χ4v) is 7.59. The highest BCUT2D eigenvalue weighted by molar-refractivity contribution is 5.39. The van der Waals surface area contributed by atoms with Crippen molar-refractivity contribution in [2.24, 2.45) is 46.3 Å². The van der Waals surface area contributed by atoms with Crippen LogP contribution in [0, 0.1) is 46.3 Å². The summed E-state index contributed by atoms with van der Waals surface area (Å²) in [5.41, 5.74) is 4.07. The maximum atomic E-state index is 10.2. The number of allylic oxidation sites excluding steroid dienone is 5. The summed E-state index contributed by atoms with van der Waals surface area (Å²) in [4.78, 5) is 0. The highest BCUT2D eigenvalue weighted by Gasteiger charge is 2.56. The van der Waals surface area contributed by atoms with E-state index in [2.05, 4.69) is 65.8 Å². The Hall–Kier alpha value is -0.820. The minimum atomic E-state index is -0.116. The number of rotatable bonds is 4. The molecule has 0 saturated heterocycles. The molecule has 1 nitrogen and oxygen atoms in total. The summed E-state index contributed by atoms with van der Waals surface area (Å²) >= 11 is 0. The normalized spacial score (nSPS) is 44.0. The molecule has 0 radical (unpaired) electrons. The SMILES string of the molecule is CC(C)[C@@H](C)C=C[C@@H](C)[C@H]1CCC2C3=CC=C4C[C@@H](O)CC[C@@]4(C)[C@@H]3CC[C@@]21C. The molecular weight excluding hydrogens is 352 g/mol. The van der Waals surface area contributed by atoms with Crippen molar-refractivity contribution in [1.82, 2.24) is 0 Å². The van der Waals surface area contributed by atoms with Gasteiger partial charge in [-0.05, 0) is 91.3 Å². The molecule has 1 heteroatoms. The van der Waals surface area contributed by atoms with Crippen LogP contribution in [0.15, 0.2) is 35.5 Å². The van der Waals surface area contributed by atoms with Crippen molar-refractivity contribution in [2.45, 2.75) is 92.6 Å². The second-order valence-electron chi connectivity index (χ2n) is 11.9. The molecule has 0 heterocycles. The van der Waals surface area contributed by atoms with Gasteiger partial charge >= 0.3 is 0 Å². The van der Waals surface area contributed by atoms with Crippen LogP contribution in [0.1, 0.15) is 86.5 Å². The average Bonchev–Trinajstić information content (AvgIpc) is 3.03. The van der Waals surface area contributed by atoms with Gasteiger partial charge in [-0.3, -0.25) is 0 Å². The number of aliphatic hydroxyl groups is 1. The van der Waals surface area contributed by atoms with Gasteiger partial charge in [0.15, 0.2) is 0 Å². The zero-order valence-corrected chi connectivity index (χ0v) is 19.7. The van der Waals surface area contributed by atoms with E-state index in [1.54, 1.807) is 5.57 Å². The predicted molar refractivity (Wildman–Crippen MR) is 123 cm³/mol. The Morgan fingerprint density at radius 3 is 2.41 bits per heavy atom. The zero-order chi connectivity index (χ0) is 21.0. The van der Waals surface area contributed by atoms with E-state index in [9.17, 15) is 5.11 Å². The van der Waals surface area contributed by atoms with Crippen LogP contribution in [-0.4, -0.2) is 11.2 Å². The quantitative estimate of drug-likeness (QED) is 0.493. The maximum absolute atomic E-state index is 10.2. The monoisotopic (exact) mass is 396 g/mol. The average molecular weight is 397 g/mol. The minimum Gasteiger partial charge on any atom is -0.393 e. The van der Waals surface area contributed by atoms with Crippen molar-refractivity contribution < 1.29 is 5.11 Å². The summed E-state index contributed by atoms with van der Waals surface area (Å²) < 4.78 is 0. The van der Waals surface area contributed by atoms with Crippen LogP contribution in [0.25, 0.3) is 0 Å². The molecule has 4 rings (SSSR count). The van der Waals surface area contributed by atoms with E-state index < -0.39 is 0 Å². The number of hydrogen-bond donors (Lipinski definition) is 1. The van der Waals surface area contributed by atoms with Crippen molar-refractivity contribution in [2.75, 3.05) is 0 Å². The Morgan fingerprint density at radius 2 is 1.69 bits per heavy atom. The number of aliphatic hydroxyl groups excluding tert-OH is 1. The van der Waals surface area contributed by atoms with Crippen LogP contribution in [0.5, 0.6) is 0 Å². The third-order valence-corrected chi connectivity index (χ3v) is 10.0. The van der Waals surface area contributed by atoms with E-state index >= 15 is 0 Å². The molecule has 0 aliphatic heterocycles. The summed E-state index contributed by atoms with van der Waals surface area (Å²) in [6.07, 6.45) is 18.4. The topological polar surface area (TPSA) is 20.2 Å². The molecule has 0 bridgehead atoms. The Morgan fingerprint density at radius 1 is 0.931 bits per heavy atom. The van der Waals surface area contributed by atoms with Crippen molar-refractivity contribution in [3.63, 3.8) is 0 Å². The molecule has 29 heavy (non-hydrogen) atoms. The molecule has 0 aromatic carbocycles. The van der Waals surface area contributed by atoms with Crippen LogP contribution in [0.4, 0.5) is 0 Å². The lowest BCUT2D eigenvalue weighted by molar-refractivity contribution is 0.0382. The van der Waals surface area contributed by atoms with E-state index in [-0.39, 0.29) is 6.10 Å². The molecule has 3 saturated carbocycles. The highest BCUT2D eigenvalue weighted by atomic mass is 16.3. The molecule has 0 spiro atoms. The molecule has 0 aromatic heterocycles. The maximum Gasteiger partial charge on any atom is 0.0578 e. The number of fused-ring (bicyclic) bond motifs is 5. The van der Waals surface area contributed by atoms with E-state index in [0.29, 0.717) is 22.7 Å². The first kappa shape index (κ1) is 21.4. The van der Waals surface area contributed by atoms with E-state index in [1.165, 1.54) is 37.7 Å². The van der Waals surface area contributed by atoms with Gasteiger partial charge in [-0.15, -0.1) is 0 Å². The van der Waals surface area contributed by atoms with Crippen molar-refractivity contribution >= 4 is 0 Å². The summed E-state index contributed by atoms with van der Waals surface area (Å²) in [5.74, 6) is 4.38. The molecule has 0 aromatic rings. The second kappa shape index (κ2) is 7.70. The smallest absolute Gasteiger partial charge is 0.0578 e. The van der Waals surface area contributed by atoms with Gasteiger partial charge in [0, 0.05) is 0 Å². The molecule has 162 valence electrons. The van der Waals surface area contributed by atoms with E-state index in [1.807, 2.05) is 0 Å². The van der Waals surface area contributed by atoms with Crippen LogP contribution in [0.2, 0.25) is 0 Å². The van der Waals surface area contributed by atoms with Crippen molar-refractivity contribution in [3.8, 4) is 0 Å². The van der Waals surface area contributed by atoms with Gasteiger partial charge < -0.3 is 5.11 Å². The predicted octanol–water partition coefficient (Wildman–Crippen LogP) is 7.33. The molecule has 3 fully saturated rings. The van der Waals surface area contributed by atoms with Crippen LogP contribution in [0.3, 0.4) is 0 Å². The van der Waals surface area contributed by atoms with Gasteiger partial charge in [-0.1, -0.05) is 77.0 Å². The van der Waals surface area contributed by atoms with Gasteiger partial charge in [-0.2, -0.15) is 0 Å². The second-order valence-corrected chi connectivity index (χ2v) is 11.9. The van der Waals surface area contributed by atoms with Crippen LogP contribution in [-0.2, 0) is 0 Å². The Labute approximate surface area is 179 Å². The zero-order valence-electron chi connectivity index (χ0n) is 19.7. The molecular formula is C28H44O. The molecule has 1 unspecified atom stereocenters. The summed E-state index contributed by atoms with van der Waals surface area (Å²) in [6, 6.07) is 0. The number of hydrogen-bond acceptors (Lipinski definition) is 1. The summed E-state index contributed by atoms with van der Waals surface area (Å²) in [7, 11) is 0. The fourth-order valence-electron chi connectivity index (χ4n) is 7.59. The largest absolute Gasteiger partial charge is 0.393 e. The lowest BCUT2D eigenvalue weighted by Crippen LogP contribution is -2.46. The van der Waals surface area contributed by atoms with Crippen molar-refractivity contribution in [3.05, 3.63) is 35.5 Å². The first-order valence-electron chi connectivity index (χ1n) is 12.4.